The molecule has 0 radical (unpaired) electrons. The lowest BCUT2D eigenvalue weighted by Crippen LogP contribution is -2.37. The fourth-order valence-corrected chi connectivity index (χ4v) is 2.38. The topological polar surface area (TPSA) is 69.4 Å². The van der Waals surface area contributed by atoms with Gasteiger partial charge in [0.05, 0.1) is 18.7 Å². The number of hydrogen-bond donors (Lipinski definition) is 2. The summed E-state index contributed by atoms with van der Waals surface area (Å²) >= 11 is 0. The highest BCUT2D eigenvalue weighted by atomic mass is 16.5. The van der Waals surface area contributed by atoms with Gasteiger partial charge < -0.3 is 15.4 Å². The Morgan fingerprint density at radius 1 is 1.17 bits per heavy atom. The predicted octanol–water partition coefficient (Wildman–Crippen LogP) is 2.47. The summed E-state index contributed by atoms with van der Waals surface area (Å²) in [6.07, 6.45) is 0.842. The maximum Gasteiger partial charge on any atom is 0.191 e. The molecule has 24 heavy (non-hydrogen) atoms. The first-order valence-electron chi connectivity index (χ1n) is 7.82. The lowest BCUT2D eigenvalue weighted by Gasteiger charge is -2.13. The van der Waals surface area contributed by atoms with E-state index in [1.54, 1.807) is 20.2 Å². The van der Waals surface area contributed by atoms with E-state index in [-0.39, 0.29) is 0 Å². The Bertz CT molecular complexity index is 734. The van der Waals surface area contributed by atoms with E-state index in [9.17, 15) is 0 Å². The van der Waals surface area contributed by atoms with E-state index in [2.05, 4.69) is 27.8 Å². The van der Waals surface area contributed by atoms with Crippen LogP contribution in [0.1, 0.15) is 16.7 Å². The van der Waals surface area contributed by atoms with Gasteiger partial charge in [-0.2, -0.15) is 5.26 Å². The monoisotopic (exact) mass is 322 g/mol. The van der Waals surface area contributed by atoms with Crippen LogP contribution in [0.4, 0.5) is 0 Å². The Balaban J connectivity index is 1.83. The fourth-order valence-electron chi connectivity index (χ4n) is 2.38. The number of nitriles is 1. The SMILES string of the molecule is CN=C(NCCc1ccccc1OC)NCc1cccc(C#N)c1. The van der Waals surface area contributed by atoms with Gasteiger partial charge in [0.2, 0.25) is 0 Å². The second-order valence-corrected chi connectivity index (χ2v) is 5.23. The van der Waals surface area contributed by atoms with Crippen molar-refractivity contribution >= 4 is 5.96 Å². The van der Waals surface area contributed by atoms with Crippen molar-refractivity contribution in [2.24, 2.45) is 4.99 Å². The molecule has 124 valence electrons. The Hall–Kier alpha value is -3.00. The van der Waals surface area contributed by atoms with E-state index < -0.39 is 0 Å². The highest BCUT2D eigenvalue weighted by Crippen LogP contribution is 2.17. The maximum atomic E-state index is 8.94. The molecule has 0 bridgehead atoms. The minimum atomic E-state index is 0.615. The minimum absolute atomic E-state index is 0.615. The first kappa shape index (κ1) is 17.4. The van der Waals surface area contributed by atoms with Crippen molar-refractivity contribution in [1.29, 1.82) is 5.26 Å². The zero-order chi connectivity index (χ0) is 17.2. The van der Waals surface area contributed by atoms with Crippen LogP contribution in [0, 0.1) is 11.3 Å². The number of guanidine groups is 1. The molecule has 0 aliphatic heterocycles. The van der Waals surface area contributed by atoms with Gasteiger partial charge in [0.1, 0.15) is 5.75 Å². The zero-order valence-electron chi connectivity index (χ0n) is 14.0. The molecular weight excluding hydrogens is 300 g/mol. The standard InChI is InChI=1S/C19H22N4O/c1-21-19(23-14-16-7-5-6-15(12-16)13-20)22-11-10-17-8-3-4-9-18(17)24-2/h3-9,12H,10-11,14H2,1-2H3,(H2,21,22,23). The van der Waals surface area contributed by atoms with Crippen molar-refractivity contribution in [2.45, 2.75) is 13.0 Å². The van der Waals surface area contributed by atoms with Crippen molar-refractivity contribution in [3.63, 3.8) is 0 Å². The summed E-state index contributed by atoms with van der Waals surface area (Å²) in [6, 6.07) is 17.7. The highest BCUT2D eigenvalue weighted by molar-refractivity contribution is 5.79. The number of aliphatic imine (C=N–C) groups is 1. The molecule has 0 amide bonds. The summed E-state index contributed by atoms with van der Waals surface area (Å²) < 4.78 is 5.36. The molecule has 0 saturated heterocycles. The highest BCUT2D eigenvalue weighted by Gasteiger charge is 2.03. The molecule has 0 aliphatic rings. The molecule has 2 N–H and O–H groups in total. The Kier molecular flexibility index (Phi) is 6.66. The van der Waals surface area contributed by atoms with E-state index in [4.69, 9.17) is 10.00 Å². The third-order valence-electron chi connectivity index (χ3n) is 3.62. The predicted molar refractivity (Wildman–Crippen MR) is 96.1 cm³/mol. The zero-order valence-corrected chi connectivity index (χ0v) is 14.0. The molecule has 0 aliphatic carbocycles. The molecule has 2 aromatic carbocycles. The van der Waals surface area contributed by atoms with Gasteiger partial charge in [-0.1, -0.05) is 30.3 Å². The lowest BCUT2D eigenvalue weighted by molar-refractivity contribution is 0.409. The third kappa shape index (κ3) is 5.03. The Labute approximate surface area is 143 Å². The van der Waals surface area contributed by atoms with Gasteiger partial charge in [0, 0.05) is 20.1 Å². The molecule has 0 fully saturated rings. The molecule has 0 spiro atoms. The number of rotatable bonds is 6. The van der Waals surface area contributed by atoms with Crippen LogP contribution in [-0.2, 0) is 13.0 Å². The first-order valence-corrected chi connectivity index (χ1v) is 7.82. The smallest absolute Gasteiger partial charge is 0.191 e. The summed E-state index contributed by atoms with van der Waals surface area (Å²) in [4.78, 5) is 4.22. The molecule has 0 heterocycles. The van der Waals surface area contributed by atoms with Crippen molar-refractivity contribution in [2.75, 3.05) is 20.7 Å². The van der Waals surface area contributed by atoms with E-state index in [1.165, 1.54) is 0 Å². The molecular formula is C19H22N4O. The normalized spacial score (nSPS) is 10.8. The number of ether oxygens (including phenoxy) is 1. The van der Waals surface area contributed by atoms with Crippen LogP contribution in [0.25, 0.3) is 0 Å². The molecule has 0 saturated carbocycles. The van der Waals surface area contributed by atoms with E-state index >= 15 is 0 Å². The van der Waals surface area contributed by atoms with Gasteiger partial charge >= 0.3 is 0 Å². The number of nitrogens with zero attached hydrogens (tertiary/aromatic N) is 2. The number of para-hydroxylation sites is 1. The number of nitrogens with one attached hydrogen (secondary N) is 2. The lowest BCUT2D eigenvalue weighted by atomic mass is 10.1. The average molecular weight is 322 g/mol. The van der Waals surface area contributed by atoms with Gasteiger partial charge in [0.25, 0.3) is 0 Å². The van der Waals surface area contributed by atoms with Crippen LogP contribution >= 0.6 is 0 Å². The number of benzene rings is 2. The summed E-state index contributed by atoms with van der Waals surface area (Å²) in [5.41, 5.74) is 2.86. The van der Waals surface area contributed by atoms with Crippen molar-refractivity contribution < 1.29 is 4.74 Å². The molecule has 5 nitrogen and oxygen atoms in total. The van der Waals surface area contributed by atoms with Gasteiger partial charge in [-0.3, -0.25) is 4.99 Å². The van der Waals surface area contributed by atoms with Crippen LogP contribution in [0.5, 0.6) is 5.75 Å². The molecule has 5 heteroatoms. The number of methoxy groups -OCH3 is 1. The van der Waals surface area contributed by atoms with Crippen molar-refractivity contribution in [3.8, 4) is 11.8 Å². The van der Waals surface area contributed by atoms with Crippen LogP contribution in [-0.4, -0.2) is 26.7 Å². The van der Waals surface area contributed by atoms with E-state index in [0.717, 1.165) is 35.8 Å². The maximum absolute atomic E-state index is 8.94. The minimum Gasteiger partial charge on any atom is -0.496 e. The summed E-state index contributed by atoms with van der Waals surface area (Å²) in [7, 11) is 3.42. The second-order valence-electron chi connectivity index (χ2n) is 5.23. The van der Waals surface area contributed by atoms with Crippen LogP contribution in [0.15, 0.2) is 53.5 Å². The van der Waals surface area contributed by atoms with Gasteiger partial charge in [-0.05, 0) is 35.7 Å². The molecule has 0 unspecified atom stereocenters. The van der Waals surface area contributed by atoms with Crippen LogP contribution < -0.4 is 15.4 Å². The van der Waals surface area contributed by atoms with E-state index in [1.807, 2.05) is 36.4 Å². The van der Waals surface area contributed by atoms with E-state index in [0.29, 0.717) is 12.1 Å². The summed E-state index contributed by atoms with van der Waals surface area (Å²) in [6.45, 7) is 1.36. The largest absolute Gasteiger partial charge is 0.496 e. The molecule has 2 aromatic rings. The summed E-state index contributed by atoms with van der Waals surface area (Å²) in [5, 5.41) is 15.5. The Morgan fingerprint density at radius 3 is 2.75 bits per heavy atom. The third-order valence-corrected chi connectivity index (χ3v) is 3.62. The van der Waals surface area contributed by atoms with Crippen molar-refractivity contribution in [3.05, 3.63) is 65.2 Å². The summed E-state index contributed by atoms with van der Waals surface area (Å²) in [5.74, 6) is 1.63. The molecule has 0 aromatic heterocycles. The quantitative estimate of drug-likeness (QED) is 0.633. The van der Waals surface area contributed by atoms with Gasteiger partial charge in [-0.25, -0.2) is 0 Å². The molecule has 0 atom stereocenters. The first-order chi connectivity index (χ1) is 11.8. The van der Waals surface area contributed by atoms with Crippen molar-refractivity contribution in [1.82, 2.24) is 10.6 Å². The van der Waals surface area contributed by atoms with Gasteiger partial charge in [0.15, 0.2) is 5.96 Å². The van der Waals surface area contributed by atoms with Crippen LogP contribution in [0.2, 0.25) is 0 Å². The second kappa shape index (κ2) is 9.21. The fraction of sp³-hybridized carbons (Fsp3) is 0.263. The van der Waals surface area contributed by atoms with Crippen LogP contribution in [0.3, 0.4) is 0 Å². The van der Waals surface area contributed by atoms with Gasteiger partial charge in [-0.15, -0.1) is 0 Å². The Morgan fingerprint density at radius 2 is 2.00 bits per heavy atom. The average Bonchev–Trinajstić information content (AvgIpc) is 2.65. The number of hydrogen-bond acceptors (Lipinski definition) is 3. The molecule has 2 rings (SSSR count).